The minimum atomic E-state index is -1.43. The Kier molecular flexibility index (Phi) is 4.41. The number of Topliss-reactive ketones (excluding diaryl/α,β-unsaturated/α-hetero) is 1. The van der Waals surface area contributed by atoms with Crippen LogP contribution in [0.5, 0.6) is 0 Å². The molecule has 0 bridgehead atoms. The summed E-state index contributed by atoms with van der Waals surface area (Å²) in [6.07, 6.45) is 7.08. The number of carbonyl (C=O) groups is 2. The van der Waals surface area contributed by atoms with Crippen molar-refractivity contribution in [2.75, 3.05) is 19.8 Å². The summed E-state index contributed by atoms with van der Waals surface area (Å²) in [7, 11) is 0. The minimum absolute atomic E-state index is 0.0209. The molecule has 0 amide bonds. The van der Waals surface area contributed by atoms with Crippen LogP contribution in [-0.4, -0.2) is 59.8 Å². The third kappa shape index (κ3) is 2.51. The monoisotopic (exact) mass is 448 g/mol. The van der Waals surface area contributed by atoms with Crippen LogP contribution >= 0.6 is 0 Å². The van der Waals surface area contributed by atoms with Gasteiger partial charge in [0.25, 0.3) is 0 Å². The molecular formula is C25H36O7. The van der Waals surface area contributed by atoms with Gasteiger partial charge in [-0.05, 0) is 56.3 Å². The van der Waals surface area contributed by atoms with E-state index in [0.29, 0.717) is 31.5 Å². The summed E-state index contributed by atoms with van der Waals surface area (Å²) in [4.78, 5) is 24.3. The van der Waals surface area contributed by atoms with Gasteiger partial charge in [-0.15, -0.1) is 0 Å². The molecule has 0 aromatic heterocycles. The maximum Gasteiger partial charge on any atom is 0.303 e. The molecule has 178 valence electrons. The van der Waals surface area contributed by atoms with Gasteiger partial charge in [-0.25, -0.2) is 0 Å². The van der Waals surface area contributed by atoms with Crippen LogP contribution in [0.1, 0.15) is 72.1 Å². The van der Waals surface area contributed by atoms with Gasteiger partial charge in [0.05, 0.1) is 19.3 Å². The first-order chi connectivity index (χ1) is 15.1. The molecule has 32 heavy (non-hydrogen) atoms. The molecule has 7 nitrogen and oxygen atoms in total. The second-order valence-electron chi connectivity index (χ2n) is 11.9. The van der Waals surface area contributed by atoms with E-state index in [0.717, 1.165) is 44.9 Å². The number of hydrogen-bond donors (Lipinski definition) is 1. The number of esters is 1. The Labute approximate surface area is 189 Å². The fourth-order valence-electron chi connectivity index (χ4n) is 9.24. The van der Waals surface area contributed by atoms with Gasteiger partial charge in [0.2, 0.25) is 5.78 Å². The third-order valence-corrected chi connectivity index (χ3v) is 10.9. The largest absolute Gasteiger partial charge is 0.458 e. The standard InChI is InChI=1S/C25H36O7/c1-15(26)29-13-19(27)24(28)7-5-17-16-12-20-25(32-20)9-8-23(30-10-11-31-23)14-22(25,3)18(16)4-6-21(17,24)2/h16-18,20,28H,4-14H2,1-3H3/t16-,17+,18+,20-,21-,22+,24-,25-/m0/s1. The van der Waals surface area contributed by atoms with Gasteiger partial charge in [0, 0.05) is 30.6 Å². The SMILES string of the molecule is CC(=O)OCC(=O)[C@@]1(O)CC[C@@H]2[C@@H]3C[C@@H]4O[C@@]45CCC4(C[C@]5(C)[C@@H]3CC[C@@]21C)OCCO4. The molecule has 6 aliphatic rings. The molecule has 6 fully saturated rings. The number of fused-ring (bicyclic) bond motifs is 4. The second kappa shape index (κ2) is 6.55. The summed E-state index contributed by atoms with van der Waals surface area (Å²) in [6, 6.07) is 0. The van der Waals surface area contributed by atoms with Crippen molar-refractivity contribution in [2.45, 2.75) is 95.2 Å². The molecule has 2 saturated heterocycles. The topological polar surface area (TPSA) is 94.6 Å². The molecule has 2 heterocycles. The van der Waals surface area contributed by atoms with Crippen LogP contribution in [0.2, 0.25) is 0 Å². The van der Waals surface area contributed by atoms with Gasteiger partial charge in [0.15, 0.2) is 12.4 Å². The van der Waals surface area contributed by atoms with E-state index < -0.39 is 22.8 Å². The minimum Gasteiger partial charge on any atom is -0.458 e. The summed E-state index contributed by atoms with van der Waals surface area (Å²) < 4.78 is 23.8. The van der Waals surface area contributed by atoms with Crippen molar-refractivity contribution >= 4 is 11.8 Å². The van der Waals surface area contributed by atoms with E-state index in [4.69, 9.17) is 18.9 Å². The highest BCUT2D eigenvalue weighted by Crippen LogP contribution is 2.75. The van der Waals surface area contributed by atoms with Gasteiger partial charge < -0.3 is 24.1 Å². The van der Waals surface area contributed by atoms with Crippen LogP contribution in [0.3, 0.4) is 0 Å². The molecule has 6 rings (SSSR count). The van der Waals surface area contributed by atoms with Crippen LogP contribution in [0.4, 0.5) is 0 Å². The van der Waals surface area contributed by atoms with Crippen molar-refractivity contribution < 1.29 is 33.6 Å². The Bertz CT molecular complexity index is 851. The van der Waals surface area contributed by atoms with E-state index in [1.807, 2.05) is 0 Å². The zero-order chi connectivity index (χ0) is 22.6. The van der Waals surface area contributed by atoms with Crippen LogP contribution in [-0.2, 0) is 28.5 Å². The summed E-state index contributed by atoms with van der Waals surface area (Å²) in [5.41, 5.74) is -2.00. The van der Waals surface area contributed by atoms with Gasteiger partial charge in [-0.1, -0.05) is 13.8 Å². The van der Waals surface area contributed by atoms with Gasteiger partial charge in [-0.3, -0.25) is 9.59 Å². The maximum absolute atomic E-state index is 13.0. The summed E-state index contributed by atoms with van der Waals surface area (Å²) in [6.45, 7) is 6.77. The van der Waals surface area contributed by atoms with Gasteiger partial charge in [0.1, 0.15) is 11.2 Å². The smallest absolute Gasteiger partial charge is 0.303 e. The summed E-state index contributed by atoms with van der Waals surface area (Å²) in [5.74, 6) is -0.165. The Morgan fingerprint density at radius 3 is 2.41 bits per heavy atom. The van der Waals surface area contributed by atoms with E-state index in [1.54, 1.807) is 0 Å². The van der Waals surface area contributed by atoms with E-state index in [-0.39, 0.29) is 35.4 Å². The summed E-state index contributed by atoms with van der Waals surface area (Å²) in [5, 5.41) is 11.6. The molecule has 8 atom stereocenters. The normalized spacial score (nSPS) is 52.5. The first kappa shape index (κ1) is 21.5. The predicted octanol–water partition coefficient (Wildman–Crippen LogP) is 2.77. The fraction of sp³-hybridized carbons (Fsp3) is 0.920. The van der Waals surface area contributed by atoms with E-state index >= 15 is 0 Å². The first-order valence-corrected chi connectivity index (χ1v) is 12.4. The molecule has 4 saturated carbocycles. The van der Waals surface area contributed by atoms with E-state index in [2.05, 4.69) is 13.8 Å². The lowest BCUT2D eigenvalue weighted by Gasteiger charge is -2.61. The Hall–Kier alpha value is -1.02. The van der Waals surface area contributed by atoms with Crippen molar-refractivity contribution in [3.8, 4) is 0 Å². The Balaban J connectivity index is 1.29. The number of ketones is 1. The lowest BCUT2D eigenvalue weighted by atomic mass is 9.43. The quantitative estimate of drug-likeness (QED) is 0.524. The highest BCUT2D eigenvalue weighted by molar-refractivity contribution is 5.90. The molecule has 0 aromatic carbocycles. The zero-order valence-electron chi connectivity index (χ0n) is 19.5. The number of epoxide rings is 1. The molecule has 4 aliphatic carbocycles. The Morgan fingerprint density at radius 2 is 1.69 bits per heavy atom. The average molecular weight is 449 g/mol. The lowest BCUT2D eigenvalue weighted by molar-refractivity contribution is -0.237. The van der Waals surface area contributed by atoms with Crippen molar-refractivity contribution in [1.82, 2.24) is 0 Å². The summed E-state index contributed by atoms with van der Waals surface area (Å²) >= 11 is 0. The van der Waals surface area contributed by atoms with Gasteiger partial charge >= 0.3 is 5.97 Å². The van der Waals surface area contributed by atoms with Crippen molar-refractivity contribution in [1.29, 1.82) is 0 Å². The van der Waals surface area contributed by atoms with Crippen LogP contribution in [0.15, 0.2) is 0 Å². The van der Waals surface area contributed by atoms with E-state index in [1.165, 1.54) is 6.92 Å². The molecule has 0 aromatic rings. The van der Waals surface area contributed by atoms with Crippen LogP contribution in [0.25, 0.3) is 0 Å². The third-order valence-electron chi connectivity index (χ3n) is 10.9. The molecule has 2 aliphatic heterocycles. The van der Waals surface area contributed by atoms with Crippen molar-refractivity contribution in [2.24, 2.45) is 28.6 Å². The molecule has 2 spiro atoms. The first-order valence-electron chi connectivity index (χ1n) is 12.4. The van der Waals surface area contributed by atoms with Crippen LogP contribution < -0.4 is 0 Å². The van der Waals surface area contributed by atoms with Gasteiger partial charge in [-0.2, -0.15) is 0 Å². The number of rotatable bonds is 3. The highest BCUT2D eigenvalue weighted by atomic mass is 16.7. The van der Waals surface area contributed by atoms with E-state index in [9.17, 15) is 14.7 Å². The average Bonchev–Trinajstić information content (AvgIpc) is 3.16. The molecule has 7 heteroatoms. The Morgan fingerprint density at radius 1 is 1.00 bits per heavy atom. The highest BCUT2D eigenvalue weighted by Gasteiger charge is 2.78. The molecule has 0 unspecified atom stereocenters. The second-order valence-corrected chi connectivity index (χ2v) is 11.9. The van der Waals surface area contributed by atoms with Crippen molar-refractivity contribution in [3.05, 3.63) is 0 Å². The zero-order valence-corrected chi connectivity index (χ0v) is 19.5. The van der Waals surface area contributed by atoms with Crippen LogP contribution in [0, 0.1) is 28.6 Å². The molecular weight excluding hydrogens is 412 g/mol. The number of ether oxygens (including phenoxy) is 4. The fourth-order valence-corrected chi connectivity index (χ4v) is 9.24. The predicted molar refractivity (Wildman–Crippen MR) is 112 cm³/mol. The maximum atomic E-state index is 13.0. The molecule has 1 N–H and O–H groups in total. The lowest BCUT2D eigenvalue weighted by Crippen LogP contribution is -2.63. The number of carbonyl (C=O) groups excluding carboxylic acids is 2. The number of hydrogen-bond acceptors (Lipinski definition) is 7. The molecule has 0 radical (unpaired) electrons. The van der Waals surface area contributed by atoms with Crippen molar-refractivity contribution in [3.63, 3.8) is 0 Å². The number of aliphatic hydroxyl groups is 1.